The van der Waals surface area contributed by atoms with Crippen LogP contribution in [0.15, 0.2) is 24.5 Å². The van der Waals surface area contributed by atoms with E-state index in [9.17, 15) is 4.79 Å². The highest BCUT2D eigenvalue weighted by Gasteiger charge is 2.21. The molecule has 0 aromatic carbocycles. The predicted molar refractivity (Wildman–Crippen MR) is 57.1 cm³/mol. The van der Waals surface area contributed by atoms with Crippen LogP contribution in [-0.2, 0) is 11.3 Å². The molecule has 2 rings (SSSR count). The van der Waals surface area contributed by atoms with E-state index in [1.54, 1.807) is 12.4 Å². The van der Waals surface area contributed by atoms with Crippen molar-refractivity contribution < 1.29 is 4.79 Å². The van der Waals surface area contributed by atoms with Gasteiger partial charge in [0.05, 0.1) is 5.92 Å². The lowest BCUT2D eigenvalue weighted by atomic mass is 10.1. The molecule has 1 aromatic rings. The second-order valence-electron chi connectivity index (χ2n) is 3.77. The van der Waals surface area contributed by atoms with Crippen molar-refractivity contribution in [3.63, 3.8) is 0 Å². The highest BCUT2D eigenvalue weighted by molar-refractivity contribution is 5.79. The SMILES string of the molecule is O=C(NCc1cccnc1)C1CCNC1. The molecule has 1 fully saturated rings. The van der Waals surface area contributed by atoms with Gasteiger partial charge < -0.3 is 10.6 Å². The van der Waals surface area contributed by atoms with Gasteiger partial charge in [0.25, 0.3) is 0 Å². The quantitative estimate of drug-likeness (QED) is 0.746. The predicted octanol–water partition coefficient (Wildman–Crippen LogP) is 0.307. The van der Waals surface area contributed by atoms with E-state index in [0.717, 1.165) is 25.1 Å². The number of amides is 1. The summed E-state index contributed by atoms with van der Waals surface area (Å²) >= 11 is 0. The van der Waals surface area contributed by atoms with E-state index in [-0.39, 0.29) is 11.8 Å². The van der Waals surface area contributed by atoms with Crippen molar-refractivity contribution in [3.8, 4) is 0 Å². The average molecular weight is 205 g/mol. The third kappa shape index (κ3) is 2.76. The number of hydrogen-bond acceptors (Lipinski definition) is 3. The van der Waals surface area contributed by atoms with Crippen LogP contribution in [0.3, 0.4) is 0 Å². The number of rotatable bonds is 3. The molecule has 80 valence electrons. The first-order chi connectivity index (χ1) is 7.36. The standard InChI is InChI=1S/C11H15N3O/c15-11(10-3-5-13-8-10)14-7-9-2-1-4-12-6-9/h1-2,4,6,10,13H,3,5,7-8H2,(H,14,15). The van der Waals surface area contributed by atoms with Crippen LogP contribution in [-0.4, -0.2) is 24.0 Å². The molecule has 1 aliphatic rings. The topological polar surface area (TPSA) is 54.0 Å². The monoisotopic (exact) mass is 205 g/mol. The molecule has 2 N–H and O–H groups in total. The molecule has 0 spiro atoms. The molecule has 0 radical (unpaired) electrons. The van der Waals surface area contributed by atoms with E-state index in [1.807, 2.05) is 12.1 Å². The molecule has 4 heteroatoms. The highest BCUT2D eigenvalue weighted by atomic mass is 16.1. The molecule has 0 saturated carbocycles. The zero-order chi connectivity index (χ0) is 10.5. The molecule has 0 bridgehead atoms. The molecule has 15 heavy (non-hydrogen) atoms. The van der Waals surface area contributed by atoms with Crippen molar-refractivity contribution in [2.45, 2.75) is 13.0 Å². The van der Waals surface area contributed by atoms with Crippen LogP contribution < -0.4 is 10.6 Å². The van der Waals surface area contributed by atoms with Gasteiger partial charge in [-0.3, -0.25) is 9.78 Å². The summed E-state index contributed by atoms with van der Waals surface area (Å²) in [7, 11) is 0. The minimum absolute atomic E-state index is 0.140. The summed E-state index contributed by atoms with van der Waals surface area (Å²) in [6, 6.07) is 3.83. The van der Waals surface area contributed by atoms with Crippen LogP contribution in [0.4, 0.5) is 0 Å². The van der Waals surface area contributed by atoms with Crippen LogP contribution in [0, 0.1) is 5.92 Å². The van der Waals surface area contributed by atoms with Gasteiger partial charge in [-0.15, -0.1) is 0 Å². The molecule has 1 amide bonds. The molecule has 1 atom stereocenters. The van der Waals surface area contributed by atoms with Gasteiger partial charge in [0, 0.05) is 25.5 Å². The van der Waals surface area contributed by atoms with Crippen LogP contribution in [0.25, 0.3) is 0 Å². The van der Waals surface area contributed by atoms with Crippen LogP contribution in [0.2, 0.25) is 0 Å². The maximum Gasteiger partial charge on any atom is 0.224 e. The molecule has 1 unspecified atom stereocenters. The number of hydrogen-bond donors (Lipinski definition) is 2. The van der Waals surface area contributed by atoms with Gasteiger partial charge in [-0.25, -0.2) is 0 Å². The first-order valence-corrected chi connectivity index (χ1v) is 5.23. The summed E-state index contributed by atoms with van der Waals surface area (Å²) in [4.78, 5) is 15.6. The summed E-state index contributed by atoms with van der Waals surface area (Å²) < 4.78 is 0. The van der Waals surface area contributed by atoms with Gasteiger partial charge >= 0.3 is 0 Å². The van der Waals surface area contributed by atoms with Gasteiger partial charge in [0.15, 0.2) is 0 Å². The lowest BCUT2D eigenvalue weighted by molar-refractivity contribution is -0.124. The van der Waals surface area contributed by atoms with Gasteiger partial charge in [-0.2, -0.15) is 0 Å². The lowest BCUT2D eigenvalue weighted by Crippen LogP contribution is -2.31. The Balaban J connectivity index is 1.80. The third-order valence-corrected chi connectivity index (χ3v) is 2.62. The van der Waals surface area contributed by atoms with E-state index in [4.69, 9.17) is 0 Å². The highest BCUT2D eigenvalue weighted by Crippen LogP contribution is 2.07. The molecular formula is C11H15N3O. The van der Waals surface area contributed by atoms with Crippen LogP contribution >= 0.6 is 0 Å². The summed E-state index contributed by atoms with van der Waals surface area (Å²) in [5, 5.41) is 6.10. The van der Waals surface area contributed by atoms with E-state index < -0.39 is 0 Å². The Morgan fingerprint density at radius 1 is 1.67 bits per heavy atom. The maximum atomic E-state index is 11.6. The Kier molecular flexibility index (Phi) is 3.29. The Morgan fingerprint density at radius 2 is 2.60 bits per heavy atom. The number of carbonyl (C=O) groups is 1. The minimum atomic E-state index is 0.140. The summed E-state index contributed by atoms with van der Waals surface area (Å²) in [5.41, 5.74) is 1.04. The number of aromatic nitrogens is 1. The van der Waals surface area contributed by atoms with Gasteiger partial charge in [0.1, 0.15) is 0 Å². The van der Waals surface area contributed by atoms with Crippen molar-refractivity contribution in [1.82, 2.24) is 15.6 Å². The molecule has 2 heterocycles. The molecule has 1 aliphatic heterocycles. The van der Waals surface area contributed by atoms with Crippen molar-refractivity contribution in [1.29, 1.82) is 0 Å². The zero-order valence-corrected chi connectivity index (χ0v) is 8.57. The Labute approximate surface area is 89.1 Å². The van der Waals surface area contributed by atoms with Crippen LogP contribution in [0.5, 0.6) is 0 Å². The van der Waals surface area contributed by atoms with E-state index in [2.05, 4.69) is 15.6 Å². The maximum absolute atomic E-state index is 11.6. The first kappa shape index (κ1) is 10.1. The first-order valence-electron chi connectivity index (χ1n) is 5.23. The second kappa shape index (κ2) is 4.89. The number of pyridine rings is 1. The summed E-state index contributed by atoms with van der Waals surface area (Å²) in [6.07, 6.45) is 4.44. The van der Waals surface area contributed by atoms with Gasteiger partial charge in [0.2, 0.25) is 5.91 Å². The normalized spacial score (nSPS) is 20.1. The smallest absolute Gasteiger partial charge is 0.224 e. The molecule has 1 aromatic heterocycles. The van der Waals surface area contributed by atoms with Gasteiger partial charge in [-0.05, 0) is 24.6 Å². The van der Waals surface area contributed by atoms with Crippen molar-refractivity contribution in [2.75, 3.05) is 13.1 Å². The average Bonchev–Trinajstić information content (AvgIpc) is 2.81. The largest absolute Gasteiger partial charge is 0.352 e. The fourth-order valence-electron chi connectivity index (χ4n) is 1.71. The number of carbonyl (C=O) groups excluding carboxylic acids is 1. The van der Waals surface area contributed by atoms with Crippen LogP contribution in [0.1, 0.15) is 12.0 Å². The van der Waals surface area contributed by atoms with E-state index in [1.165, 1.54) is 0 Å². The van der Waals surface area contributed by atoms with Crippen molar-refractivity contribution >= 4 is 5.91 Å². The fourth-order valence-corrected chi connectivity index (χ4v) is 1.71. The van der Waals surface area contributed by atoms with E-state index >= 15 is 0 Å². The molecule has 4 nitrogen and oxygen atoms in total. The van der Waals surface area contributed by atoms with E-state index in [0.29, 0.717) is 6.54 Å². The second-order valence-corrected chi connectivity index (χ2v) is 3.77. The van der Waals surface area contributed by atoms with Crippen molar-refractivity contribution in [3.05, 3.63) is 30.1 Å². The van der Waals surface area contributed by atoms with Gasteiger partial charge in [-0.1, -0.05) is 6.07 Å². The minimum Gasteiger partial charge on any atom is -0.352 e. The fraction of sp³-hybridized carbons (Fsp3) is 0.455. The summed E-state index contributed by atoms with van der Waals surface area (Å²) in [5.74, 6) is 0.283. The molecule has 1 saturated heterocycles. The Bertz CT molecular complexity index is 320. The summed E-state index contributed by atoms with van der Waals surface area (Å²) in [6.45, 7) is 2.33. The number of nitrogens with one attached hydrogen (secondary N) is 2. The Hall–Kier alpha value is -1.42. The lowest BCUT2D eigenvalue weighted by Gasteiger charge is -2.09. The zero-order valence-electron chi connectivity index (χ0n) is 8.57. The third-order valence-electron chi connectivity index (χ3n) is 2.62. The Morgan fingerprint density at radius 3 is 3.27 bits per heavy atom. The molecular weight excluding hydrogens is 190 g/mol. The van der Waals surface area contributed by atoms with Crippen molar-refractivity contribution in [2.24, 2.45) is 5.92 Å². The molecule has 0 aliphatic carbocycles. The number of nitrogens with zero attached hydrogens (tertiary/aromatic N) is 1.